The number of benzene rings is 1. The van der Waals surface area contributed by atoms with E-state index in [1.54, 1.807) is 18.2 Å². The minimum Gasteiger partial charge on any atom is -0.458 e. The average molecular weight is 416 g/mol. The van der Waals surface area contributed by atoms with E-state index in [9.17, 15) is 13.5 Å². The number of hydrogen-bond donors (Lipinski definition) is 2. The normalized spacial score (nSPS) is 14.9. The van der Waals surface area contributed by atoms with Gasteiger partial charge in [0.2, 0.25) is 10.0 Å². The van der Waals surface area contributed by atoms with Crippen molar-refractivity contribution in [3.8, 4) is 0 Å². The monoisotopic (exact) mass is 415 g/mol. The van der Waals surface area contributed by atoms with Gasteiger partial charge in [-0.1, -0.05) is 18.2 Å². The molecule has 8 heteroatoms. The summed E-state index contributed by atoms with van der Waals surface area (Å²) in [6.07, 6.45) is 0. The van der Waals surface area contributed by atoms with Gasteiger partial charge in [0.25, 0.3) is 0 Å². The van der Waals surface area contributed by atoms with E-state index in [1.165, 1.54) is 13.0 Å². The molecule has 0 spiro atoms. The molecule has 0 aliphatic heterocycles. The van der Waals surface area contributed by atoms with Crippen LogP contribution in [0.15, 0.2) is 54.9 Å². The second kappa shape index (κ2) is 6.03. The predicted octanol–water partition coefficient (Wildman–Crippen LogP) is 3.44. The SMILES string of the molecule is CC(O)(CNS(=O)(=O)c1ccc(Br)s1)c1cc2ccccc2o1. The van der Waals surface area contributed by atoms with Gasteiger partial charge < -0.3 is 9.52 Å². The van der Waals surface area contributed by atoms with Crippen LogP contribution in [0.1, 0.15) is 12.7 Å². The van der Waals surface area contributed by atoms with Crippen LogP contribution in [0.25, 0.3) is 11.0 Å². The lowest BCUT2D eigenvalue weighted by molar-refractivity contribution is 0.0412. The first-order valence-corrected chi connectivity index (χ1v) is 9.84. The number of furan rings is 1. The average Bonchev–Trinajstić information content (AvgIpc) is 3.12. The Kier molecular flexibility index (Phi) is 4.37. The maximum Gasteiger partial charge on any atom is 0.250 e. The molecule has 3 aromatic rings. The maximum atomic E-state index is 12.2. The molecular formula is C15H14BrNO4S2. The highest BCUT2D eigenvalue weighted by molar-refractivity contribution is 9.11. The van der Waals surface area contributed by atoms with Crippen LogP contribution < -0.4 is 4.72 Å². The van der Waals surface area contributed by atoms with E-state index in [0.717, 1.165) is 20.5 Å². The molecule has 2 heterocycles. The van der Waals surface area contributed by atoms with E-state index in [2.05, 4.69) is 20.7 Å². The molecule has 0 saturated heterocycles. The molecule has 3 rings (SSSR count). The second-order valence-corrected chi connectivity index (χ2v) is 9.76. The van der Waals surface area contributed by atoms with E-state index in [4.69, 9.17) is 4.42 Å². The summed E-state index contributed by atoms with van der Waals surface area (Å²) in [4.78, 5) is 0. The fourth-order valence-corrected chi connectivity index (χ4v) is 5.27. The lowest BCUT2D eigenvalue weighted by Gasteiger charge is -2.20. The van der Waals surface area contributed by atoms with Gasteiger partial charge in [0.05, 0.1) is 3.79 Å². The smallest absolute Gasteiger partial charge is 0.250 e. The number of thiophene rings is 1. The van der Waals surface area contributed by atoms with E-state index >= 15 is 0 Å². The third-order valence-corrected chi connectivity index (χ3v) is 6.89. The fourth-order valence-electron chi connectivity index (χ4n) is 2.08. The number of aliphatic hydroxyl groups is 1. The minimum atomic E-state index is -3.67. The Balaban J connectivity index is 1.80. The lowest BCUT2D eigenvalue weighted by Crippen LogP contribution is -2.38. The highest BCUT2D eigenvalue weighted by Gasteiger charge is 2.30. The fraction of sp³-hybridized carbons (Fsp3) is 0.200. The maximum absolute atomic E-state index is 12.2. The summed E-state index contributed by atoms with van der Waals surface area (Å²) in [6.45, 7) is 1.32. The van der Waals surface area contributed by atoms with Gasteiger partial charge in [-0.3, -0.25) is 0 Å². The van der Waals surface area contributed by atoms with Crippen molar-refractivity contribution in [1.29, 1.82) is 0 Å². The first-order valence-electron chi connectivity index (χ1n) is 6.74. The van der Waals surface area contributed by atoms with Gasteiger partial charge in [0.15, 0.2) is 0 Å². The van der Waals surface area contributed by atoms with Crippen LogP contribution in [-0.4, -0.2) is 20.1 Å². The predicted molar refractivity (Wildman–Crippen MR) is 93.0 cm³/mol. The molecule has 23 heavy (non-hydrogen) atoms. The van der Waals surface area contributed by atoms with Crippen molar-refractivity contribution in [3.63, 3.8) is 0 Å². The zero-order valence-corrected chi connectivity index (χ0v) is 15.3. The lowest BCUT2D eigenvalue weighted by atomic mass is 10.0. The standard InChI is InChI=1S/C15H14BrNO4S2/c1-15(18,12-8-10-4-2-3-5-11(10)21-12)9-17-23(19,20)14-7-6-13(16)22-14/h2-8,17-18H,9H2,1H3. The van der Waals surface area contributed by atoms with Gasteiger partial charge in [-0.05, 0) is 47.1 Å². The van der Waals surface area contributed by atoms with Crippen molar-refractivity contribution in [2.75, 3.05) is 6.54 Å². The summed E-state index contributed by atoms with van der Waals surface area (Å²) in [5.74, 6) is 0.314. The summed E-state index contributed by atoms with van der Waals surface area (Å²) < 4.78 is 33.4. The van der Waals surface area contributed by atoms with Crippen molar-refractivity contribution in [3.05, 3.63) is 52.0 Å². The molecule has 2 aromatic heterocycles. The molecule has 122 valence electrons. The molecule has 0 aliphatic carbocycles. The van der Waals surface area contributed by atoms with Crippen LogP contribution in [0.2, 0.25) is 0 Å². The number of fused-ring (bicyclic) bond motifs is 1. The Morgan fingerprint density at radius 1 is 1.30 bits per heavy atom. The molecule has 0 bridgehead atoms. The van der Waals surface area contributed by atoms with E-state index in [0.29, 0.717) is 11.3 Å². The molecular weight excluding hydrogens is 402 g/mol. The summed E-state index contributed by atoms with van der Waals surface area (Å²) in [6, 6.07) is 12.2. The third-order valence-electron chi connectivity index (χ3n) is 3.38. The second-order valence-electron chi connectivity index (χ2n) is 5.31. The Labute approximate surface area is 146 Å². The summed E-state index contributed by atoms with van der Waals surface area (Å²) in [5.41, 5.74) is -0.812. The summed E-state index contributed by atoms with van der Waals surface area (Å²) in [5, 5.41) is 11.4. The summed E-state index contributed by atoms with van der Waals surface area (Å²) in [7, 11) is -3.67. The highest BCUT2D eigenvalue weighted by atomic mass is 79.9. The van der Waals surface area contributed by atoms with Crippen LogP contribution in [0, 0.1) is 0 Å². The van der Waals surface area contributed by atoms with E-state index < -0.39 is 15.6 Å². The summed E-state index contributed by atoms with van der Waals surface area (Å²) >= 11 is 4.34. The molecule has 5 nitrogen and oxygen atoms in total. The van der Waals surface area contributed by atoms with Crippen LogP contribution in [-0.2, 0) is 15.6 Å². The Morgan fingerprint density at radius 3 is 2.70 bits per heavy atom. The Bertz CT molecular complexity index is 910. The van der Waals surface area contributed by atoms with Crippen LogP contribution in [0.3, 0.4) is 0 Å². The van der Waals surface area contributed by atoms with Crippen molar-refractivity contribution in [2.24, 2.45) is 0 Å². The van der Waals surface area contributed by atoms with Gasteiger partial charge in [-0.15, -0.1) is 11.3 Å². The van der Waals surface area contributed by atoms with Crippen LogP contribution in [0.5, 0.6) is 0 Å². The van der Waals surface area contributed by atoms with E-state index in [1.807, 2.05) is 18.2 Å². The Hall–Kier alpha value is -1.19. The molecule has 1 atom stereocenters. The van der Waals surface area contributed by atoms with Gasteiger partial charge in [0.1, 0.15) is 21.2 Å². The van der Waals surface area contributed by atoms with Crippen molar-refractivity contribution < 1.29 is 17.9 Å². The van der Waals surface area contributed by atoms with Crippen molar-refractivity contribution in [1.82, 2.24) is 4.72 Å². The number of rotatable bonds is 5. The van der Waals surface area contributed by atoms with Gasteiger partial charge in [-0.2, -0.15) is 0 Å². The molecule has 0 aliphatic rings. The van der Waals surface area contributed by atoms with E-state index in [-0.39, 0.29) is 10.8 Å². The molecule has 1 aromatic carbocycles. The number of para-hydroxylation sites is 1. The first kappa shape index (κ1) is 16.7. The molecule has 1 unspecified atom stereocenters. The number of hydrogen-bond acceptors (Lipinski definition) is 5. The van der Waals surface area contributed by atoms with Crippen molar-refractivity contribution in [2.45, 2.75) is 16.7 Å². The minimum absolute atomic E-state index is 0.185. The number of halogens is 1. The van der Waals surface area contributed by atoms with Gasteiger partial charge in [0, 0.05) is 11.9 Å². The topological polar surface area (TPSA) is 79.5 Å². The first-order chi connectivity index (χ1) is 10.8. The number of nitrogens with one attached hydrogen (secondary N) is 1. The van der Waals surface area contributed by atoms with Gasteiger partial charge >= 0.3 is 0 Å². The van der Waals surface area contributed by atoms with Gasteiger partial charge in [-0.25, -0.2) is 13.1 Å². The van der Waals surface area contributed by atoms with Crippen molar-refractivity contribution >= 4 is 48.3 Å². The zero-order valence-electron chi connectivity index (χ0n) is 12.1. The molecule has 2 N–H and O–H groups in total. The quantitative estimate of drug-likeness (QED) is 0.668. The molecule has 0 amide bonds. The zero-order chi connectivity index (χ0) is 16.7. The van der Waals surface area contributed by atoms with Crippen LogP contribution in [0.4, 0.5) is 0 Å². The largest absolute Gasteiger partial charge is 0.458 e. The third kappa shape index (κ3) is 3.51. The number of sulfonamides is 1. The highest BCUT2D eigenvalue weighted by Crippen LogP contribution is 2.29. The van der Waals surface area contributed by atoms with Crippen LogP contribution >= 0.6 is 27.3 Å². The Morgan fingerprint density at radius 2 is 2.04 bits per heavy atom. The molecule has 0 saturated carbocycles. The molecule has 0 radical (unpaired) electrons. The molecule has 0 fully saturated rings.